The highest BCUT2D eigenvalue weighted by Crippen LogP contribution is 2.23. The van der Waals surface area contributed by atoms with Crippen molar-refractivity contribution in [2.24, 2.45) is 5.92 Å². The van der Waals surface area contributed by atoms with Crippen LogP contribution in [0.4, 0.5) is 5.69 Å². The fraction of sp³-hybridized carbons (Fsp3) is 0.556. The summed E-state index contributed by atoms with van der Waals surface area (Å²) >= 11 is 0. The summed E-state index contributed by atoms with van der Waals surface area (Å²) in [6, 6.07) is 6.44. The van der Waals surface area contributed by atoms with Crippen LogP contribution in [0.15, 0.2) is 24.3 Å². The van der Waals surface area contributed by atoms with Crippen LogP contribution in [0, 0.1) is 5.92 Å². The van der Waals surface area contributed by atoms with Gasteiger partial charge < -0.3 is 5.32 Å². The van der Waals surface area contributed by atoms with Gasteiger partial charge in [-0.15, -0.1) is 0 Å². The van der Waals surface area contributed by atoms with Crippen molar-refractivity contribution in [3.8, 4) is 0 Å². The van der Waals surface area contributed by atoms with Gasteiger partial charge in [-0.3, -0.25) is 13.9 Å². The summed E-state index contributed by atoms with van der Waals surface area (Å²) in [5.74, 6) is -0.00689. The van der Waals surface area contributed by atoms with Crippen molar-refractivity contribution in [1.82, 2.24) is 5.32 Å². The Kier molecular flexibility index (Phi) is 6.58. The lowest BCUT2D eigenvalue weighted by Crippen LogP contribution is -2.40. The number of sulfonamides is 1. The zero-order valence-corrected chi connectivity index (χ0v) is 15.6. The van der Waals surface area contributed by atoms with Crippen molar-refractivity contribution < 1.29 is 18.0 Å². The van der Waals surface area contributed by atoms with Crippen molar-refractivity contribution in [2.75, 3.05) is 23.7 Å². The fourth-order valence-corrected chi connectivity index (χ4v) is 4.07. The Labute approximate surface area is 149 Å². The molecule has 0 atom stereocenters. The van der Waals surface area contributed by atoms with Gasteiger partial charge in [-0.25, -0.2) is 8.42 Å². The molecule has 1 aromatic carbocycles. The molecule has 1 amide bonds. The number of anilines is 1. The first-order valence-electron chi connectivity index (χ1n) is 8.65. The number of nitrogens with zero attached hydrogens (tertiary/aromatic N) is 1. The lowest BCUT2D eigenvalue weighted by Gasteiger charge is -2.24. The first-order chi connectivity index (χ1) is 11.8. The largest absolute Gasteiger partial charge is 0.354 e. The van der Waals surface area contributed by atoms with Gasteiger partial charge in [-0.1, -0.05) is 19.3 Å². The molecule has 0 aromatic heterocycles. The Morgan fingerprint density at radius 2 is 1.72 bits per heavy atom. The number of hydrogen-bond donors (Lipinski definition) is 1. The van der Waals surface area contributed by atoms with Gasteiger partial charge in [0.1, 0.15) is 0 Å². The zero-order chi connectivity index (χ0) is 18.4. The Balaban J connectivity index is 1.98. The van der Waals surface area contributed by atoms with Crippen molar-refractivity contribution >= 4 is 27.4 Å². The molecule has 1 aromatic rings. The number of ketones is 1. The molecule has 6 nitrogen and oxygen atoms in total. The predicted molar refractivity (Wildman–Crippen MR) is 98.2 cm³/mol. The summed E-state index contributed by atoms with van der Waals surface area (Å²) < 4.78 is 25.4. The summed E-state index contributed by atoms with van der Waals surface area (Å²) in [7, 11) is -3.48. The van der Waals surface area contributed by atoms with Crippen LogP contribution in [0.2, 0.25) is 0 Å². The second-order valence-corrected chi connectivity index (χ2v) is 8.47. The maximum absolute atomic E-state index is 12.2. The van der Waals surface area contributed by atoms with Gasteiger partial charge in [0.25, 0.3) is 0 Å². The van der Waals surface area contributed by atoms with Crippen LogP contribution in [-0.2, 0) is 14.8 Å². The number of nitrogens with one attached hydrogen (secondary N) is 1. The van der Waals surface area contributed by atoms with E-state index in [2.05, 4.69) is 5.32 Å². The van der Waals surface area contributed by atoms with Crippen molar-refractivity contribution in [3.05, 3.63) is 29.8 Å². The van der Waals surface area contributed by atoms with Gasteiger partial charge in [-0.2, -0.15) is 0 Å². The molecule has 0 radical (unpaired) electrons. The van der Waals surface area contributed by atoms with Gasteiger partial charge in [0, 0.05) is 18.0 Å². The molecule has 138 valence electrons. The molecule has 0 spiro atoms. The van der Waals surface area contributed by atoms with E-state index in [1.54, 1.807) is 24.3 Å². The minimum Gasteiger partial charge on any atom is -0.354 e. The highest BCUT2D eigenvalue weighted by molar-refractivity contribution is 7.92. The number of Topliss-reactive ketones (excluding diaryl/α,β-unsaturated/α-hetero) is 1. The first kappa shape index (κ1) is 19.4. The van der Waals surface area contributed by atoms with Crippen LogP contribution in [0.1, 0.15) is 49.4 Å². The fourth-order valence-electron chi connectivity index (χ4n) is 3.14. The Bertz CT molecular complexity index is 707. The van der Waals surface area contributed by atoms with E-state index in [0.29, 0.717) is 11.3 Å². The van der Waals surface area contributed by atoms with Crippen LogP contribution in [-0.4, -0.2) is 39.5 Å². The normalized spacial score (nSPS) is 15.6. The minimum atomic E-state index is -3.48. The number of rotatable bonds is 7. The molecule has 1 fully saturated rings. The van der Waals surface area contributed by atoms with Gasteiger partial charge in [0.2, 0.25) is 15.9 Å². The molecule has 0 bridgehead atoms. The predicted octanol–water partition coefficient (Wildman–Crippen LogP) is 2.35. The smallest absolute Gasteiger partial charge is 0.232 e. The van der Waals surface area contributed by atoms with Gasteiger partial charge in [-0.05, 0) is 44.0 Å². The van der Waals surface area contributed by atoms with E-state index in [-0.39, 0.29) is 30.7 Å². The molecule has 2 rings (SSSR count). The van der Waals surface area contributed by atoms with Crippen LogP contribution in [0.5, 0.6) is 0 Å². The van der Waals surface area contributed by atoms with E-state index in [0.717, 1.165) is 31.9 Å². The summed E-state index contributed by atoms with van der Waals surface area (Å²) in [5, 5.41) is 2.86. The summed E-state index contributed by atoms with van der Waals surface area (Å²) in [6.45, 7) is 1.89. The minimum absolute atomic E-state index is 0.0140. The van der Waals surface area contributed by atoms with E-state index in [4.69, 9.17) is 0 Å². The average molecular weight is 366 g/mol. The van der Waals surface area contributed by atoms with E-state index < -0.39 is 10.0 Å². The summed E-state index contributed by atoms with van der Waals surface area (Å²) in [5.41, 5.74) is 1.02. The van der Waals surface area contributed by atoms with E-state index >= 15 is 0 Å². The highest BCUT2D eigenvalue weighted by atomic mass is 32.2. The molecule has 0 saturated heterocycles. The molecule has 1 aliphatic rings. The molecular formula is C18H26N2O4S. The molecule has 1 aliphatic carbocycles. The average Bonchev–Trinajstić information content (AvgIpc) is 2.58. The quantitative estimate of drug-likeness (QED) is 0.751. The molecule has 0 unspecified atom stereocenters. The second kappa shape index (κ2) is 8.47. The zero-order valence-electron chi connectivity index (χ0n) is 14.8. The SMILES string of the molecule is CC(=O)c1ccc(N(CCNC(=O)C2CCCCC2)S(C)(=O)=O)cc1. The van der Waals surface area contributed by atoms with Crippen LogP contribution >= 0.6 is 0 Å². The maximum Gasteiger partial charge on any atom is 0.232 e. The van der Waals surface area contributed by atoms with E-state index in [1.165, 1.54) is 17.6 Å². The summed E-state index contributed by atoms with van der Waals surface area (Å²) in [4.78, 5) is 23.5. The monoisotopic (exact) mass is 366 g/mol. The van der Waals surface area contributed by atoms with Crippen molar-refractivity contribution in [3.63, 3.8) is 0 Å². The Hall–Kier alpha value is -1.89. The number of carbonyl (C=O) groups is 2. The molecule has 7 heteroatoms. The van der Waals surface area contributed by atoms with Crippen LogP contribution in [0.3, 0.4) is 0 Å². The molecule has 0 aliphatic heterocycles. The van der Waals surface area contributed by atoms with Crippen molar-refractivity contribution in [1.29, 1.82) is 0 Å². The number of benzene rings is 1. The molecule has 0 heterocycles. The first-order valence-corrected chi connectivity index (χ1v) is 10.5. The maximum atomic E-state index is 12.2. The standard InChI is InChI=1S/C18H26N2O4S/c1-14(21)15-8-10-17(11-9-15)20(25(2,23)24)13-12-19-18(22)16-6-4-3-5-7-16/h8-11,16H,3-7,12-13H2,1-2H3,(H,19,22). The van der Waals surface area contributed by atoms with Gasteiger partial charge >= 0.3 is 0 Å². The lowest BCUT2D eigenvalue weighted by molar-refractivity contribution is -0.125. The molecule has 1 N–H and O–H groups in total. The van der Waals surface area contributed by atoms with Crippen LogP contribution in [0.25, 0.3) is 0 Å². The van der Waals surface area contributed by atoms with E-state index in [9.17, 15) is 18.0 Å². The number of carbonyl (C=O) groups excluding carboxylic acids is 2. The van der Waals surface area contributed by atoms with Crippen molar-refractivity contribution in [2.45, 2.75) is 39.0 Å². The number of hydrogen-bond acceptors (Lipinski definition) is 4. The van der Waals surface area contributed by atoms with Gasteiger partial charge in [0.05, 0.1) is 18.5 Å². The van der Waals surface area contributed by atoms with E-state index in [1.807, 2.05) is 0 Å². The molecule has 1 saturated carbocycles. The lowest BCUT2D eigenvalue weighted by atomic mass is 9.89. The topological polar surface area (TPSA) is 83.6 Å². The Morgan fingerprint density at radius 3 is 2.24 bits per heavy atom. The summed E-state index contributed by atoms with van der Waals surface area (Å²) in [6.07, 6.45) is 6.30. The number of amides is 1. The van der Waals surface area contributed by atoms with Crippen LogP contribution < -0.4 is 9.62 Å². The third-order valence-corrected chi connectivity index (χ3v) is 5.75. The highest BCUT2D eigenvalue weighted by Gasteiger charge is 2.22. The molecule has 25 heavy (non-hydrogen) atoms. The third-order valence-electron chi connectivity index (χ3n) is 4.55. The third kappa shape index (κ3) is 5.56. The Morgan fingerprint density at radius 1 is 1.12 bits per heavy atom. The molecular weight excluding hydrogens is 340 g/mol. The van der Waals surface area contributed by atoms with Gasteiger partial charge in [0.15, 0.2) is 5.78 Å². The second-order valence-electron chi connectivity index (χ2n) is 6.56.